The molecule has 0 saturated heterocycles. The second kappa shape index (κ2) is 6.45. The Morgan fingerprint density at radius 2 is 1.65 bits per heavy atom. The van der Waals surface area contributed by atoms with E-state index in [0.29, 0.717) is 6.61 Å². The summed E-state index contributed by atoms with van der Waals surface area (Å²) in [4.78, 5) is 0. The minimum absolute atomic E-state index is 0.115. The van der Waals surface area contributed by atoms with Crippen molar-refractivity contribution in [3.05, 3.63) is 29.8 Å². The van der Waals surface area contributed by atoms with Crippen molar-refractivity contribution in [3.63, 3.8) is 0 Å². The molecule has 0 aromatic heterocycles. The van der Waals surface area contributed by atoms with Crippen LogP contribution < -0.4 is 4.74 Å². The maximum Gasteiger partial charge on any atom is 0.573 e. The summed E-state index contributed by atoms with van der Waals surface area (Å²) in [6, 6.07) is 5.66. The predicted octanol–water partition coefficient (Wildman–Crippen LogP) is 3.41. The van der Waals surface area contributed by atoms with Crippen LogP contribution in [0.25, 0.3) is 0 Å². The summed E-state index contributed by atoms with van der Waals surface area (Å²) >= 11 is 0. The van der Waals surface area contributed by atoms with Crippen LogP contribution in [0.4, 0.5) is 13.2 Å². The molecule has 1 aliphatic carbocycles. The van der Waals surface area contributed by atoms with Gasteiger partial charge in [0, 0.05) is 0 Å². The van der Waals surface area contributed by atoms with Crippen LogP contribution in [0.1, 0.15) is 31.2 Å². The van der Waals surface area contributed by atoms with Crippen LogP contribution in [0.3, 0.4) is 0 Å². The van der Waals surface area contributed by atoms with Crippen molar-refractivity contribution < 1.29 is 27.8 Å². The first-order valence-corrected chi connectivity index (χ1v) is 6.57. The molecule has 0 spiro atoms. The number of aliphatic hydroxyl groups excluding tert-OH is 1. The molecule has 0 unspecified atom stereocenters. The summed E-state index contributed by atoms with van der Waals surface area (Å²) in [6.45, 7) is 0.354. The van der Waals surface area contributed by atoms with Gasteiger partial charge in [-0.25, -0.2) is 0 Å². The fraction of sp³-hybridized carbons (Fsp3) is 0.571. The van der Waals surface area contributed by atoms with Gasteiger partial charge in [-0.2, -0.15) is 0 Å². The van der Waals surface area contributed by atoms with Gasteiger partial charge in [0.25, 0.3) is 0 Å². The van der Waals surface area contributed by atoms with Crippen LogP contribution in [-0.2, 0) is 11.3 Å². The molecule has 20 heavy (non-hydrogen) atoms. The van der Waals surface area contributed by atoms with Gasteiger partial charge in [0.2, 0.25) is 0 Å². The number of rotatable bonds is 4. The topological polar surface area (TPSA) is 38.7 Å². The molecule has 0 atom stereocenters. The molecule has 2 rings (SSSR count). The lowest BCUT2D eigenvalue weighted by Crippen LogP contribution is -2.24. The summed E-state index contributed by atoms with van der Waals surface area (Å²) in [5.74, 6) is -0.234. The normalized spacial score (nSPS) is 23.6. The zero-order chi connectivity index (χ0) is 14.6. The third-order valence-electron chi connectivity index (χ3n) is 3.29. The summed E-state index contributed by atoms with van der Waals surface area (Å²) in [5.41, 5.74) is 0.797. The number of halogens is 3. The molecule has 1 aromatic rings. The Morgan fingerprint density at radius 3 is 2.20 bits per heavy atom. The van der Waals surface area contributed by atoms with Gasteiger partial charge in [0.05, 0.1) is 18.8 Å². The van der Waals surface area contributed by atoms with E-state index in [1.807, 2.05) is 0 Å². The number of ether oxygens (including phenoxy) is 2. The molecular formula is C14H17F3O3. The average molecular weight is 290 g/mol. The maximum absolute atomic E-state index is 12.0. The Morgan fingerprint density at radius 1 is 1.05 bits per heavy atom. The first-order chi connectivity index (χ1) is 9.42. The zero-order valence-electron chi connectivity index (χ0n) is 10.9. The molecular weight excluding hydrogens is 273 g/mol. The van der Waals surface area contributed by atoms with Crippen LogP contribution in [0.5, 0.6) is 5.75 Å². The van der Waals surface area contributed by atoms with Crippen molar-refractivity contribution in [1.29, 1.82) is 0 Å². The van der Waals surface area contributed by atoms with Gasteiger partial charge in [0.15, 0.2) is 0 Å². The average Bonchev–Trinajstić information content (AvgIpc) is 2.38. The molecule has 1 aromatic carbocycles. The van der Waals surface area contributed by atoms with Gasteiger partial charge < -0.3 is 14.6 Å². The van der Waals surface area contributed by atoms with Gasteiger partial charge >= 0.3 is 6.36 Å². The van der Waals surface area contributed by atoms with E-state index in [0.717, 1.165) is 31.2 Å². The number of benzene rings is 1. The van der Waals surface area contributed by atoms with Crippen LogP contribution in [0.15, 0.2) is 24.3 Å². The van der Waals surface area contributed by atoms with E-state index in [1.165, 1.54) is 12.1 Å². The number of alkyl halides is 3. The third-order valence-corrected chi connectivity index (χ3v) is 3.29. The van der Waals surface area contributed by atoms with Gasteiger partial charge in [-0.15, -0.1) is 13.2 Å². The Balaban J connectivity index is 1.79. The summed E-state index contributed by atoms with van der Waals surface area (Å²) in [7, 11) is 0. The first kappa shape index (κ1) is 15.1. The van der Waals surface area contributed by atoms with E-state index in [-0.39, 0.29) is 18.0 Å². The lowest BCUT2D eigenvalue weighted by Gasteiger charge is -2.25. The molecule has 112 valence electrons. The fourth-order valence-corrected chi connectivity index (χ4v) is 2.21. The molecule has 1 fully saturated rings. The second-order valence-corrected chi connectivity index (χ2v) is 4.93. The van der Waals surface area contributed by atoms with Gasteiger partial charge in [-0.1, -0.05) is 12.1 Å². The maximum atomic E-state index is 12.0. The van der Waals surface area contributed by atoms with Crippen molar-refractivity contribution in [3.8, 4) is 5.75 Å². The highest BCUT2D eigenvalue weighted by Gasteiger charge is 2.30. The van der Waals surface area contributed by atoms with Gasteiger partial charge in [0.1, 0.15) is 5.75 Å². The quantitative estimate of drug-likeness (QED) is 0.923. The van der Waals surface area contributed by atoms with Crippen LogP contribution in [0, 0.1) is 0 Å². The van der Waals surface area contributed by atoms with Crippen molar-refractivity contribution in [1.82, 2.24) is 0 Å². The number of aliphatic hydroxyl groups is 1. The lowest BCUT2D eigenvalue weighted by molar-refractivity contribution is -0.274. The van der Waals surface area contributed by atoms with E-state index in [4.69, 9.17) is 4.74 Å². The lowest BCUT2D eigenvalue weighted by atomic mass is 9.95. The number of hydrogen-bond acceptors (Lipinski definition) is 3. The fourth-order valence-electron chi connectivity index (χ4n) is 2.21. The van der Waals surface area contributed by atoms with Crippen LogP contribution >= 0.6 is 0 Å². The second-order valence-electron chi connectivity index (χ2n) is 4.93. The zero-order valence-corrected chi connectivity index (χ0v) is 10.9. The van der Waals surface area contributed by atoms with E-state index in [1.54, 1.807) is 12.1 Å². The first-order valence-electron chi connectivity index (χ1n) is 6.57. The molecule has 3 nitrogen and oxygen atoms in total. The Hall–Kier alpha value is -1.27. The summed E-state index contributed by atoms with van der Waals surface area (Å²) in [6.07, 6.45) is -1.67. The smallest absolute Gasteiger partial charge is 0.406 e. The molecule has 1 saturated carbocycles. The van der Waals surface area contributed by atoms with Crippen LogP contribution in [-0.4, -0.2) is 23.7 Å². The minimum atomic E-state index is -4.67. The Bertz CT molecular complexity index is 409. The van der Waals surface area contributed by atoms with E-state index in [2.05, 4.69) is 4.74 Å². The van der Waals surface area contributed by atoms with Gasteiger partial charge in [-0.3, -0.25) is 0 Å². The Kier molecular flexibility index (Phi) is 4.88. The van der Waals surface area contributed by atoms with E-state index in [9.17, 15) is 18.3 Å². The highest BCUT2D eigenvalue weighted by Crippen LogP contribution is 2.24. The molecule has 1 N–H and O–H groups in total. The monoisotopic (exact) mass is 290 g/mol. The molecule has 0 amide bonds. The molecule has 0 bridgehead atoms. The highest BCUT2D eigenvalue weighted by atomic mass is 19.4. The minimum Gasteiger partial charge on any atom is -0.406 e. The highest BCUT2D eigenvalue weighted by molar-refractivity contribution is 5.27. The number of hydrogen-bond donors (Lipinski definition) is 1. The van der Waals surface area contributed by atoms with E-state index < -0.39 is 6.36 Å². The molecule has 6 heteroatoms. The molecule has 0 heterocycles. The van der Waals surface area contributed by atoms with E-state index >= 15 is 0 Å². The van der Waals surface area contributed by atoms with Crippen molar-refractivity contribution in [2.24, 2.45) is 0 Å². The standard InChI is InChI=1S/C14H17F3O3/c15-14(16,17)20-13-5-1-10(2-6-13)9-19-12-7-3-11(18)4-8-12/h1-2,5-6,11-12,18H,3-4,7-9H2. The summed E-state index contributed by atoms with van der Waals surface area (Å²) in [5, 5.41) is 9.37. The summed E-state index contributed by atoms with van der Waals surface area (Å²) < 4.78 is 45.5. The van der Waals surface area contributed by atoms with Crippen LogP contribution in [0.2, 0.25) is 0 Å². The SMILES string of the molecule is OC1CCC(OCc2ccc(OC(F)(F)F)cc2)CC1. The molecule has 0 aliphatic heterocycles. The van der Waals surface area contributed by atoms with Gasteiger partial charge in [-0.05, 0) is 43.4 Å². The van der Waals surface area contributed by atoms with Crippen molar-refractivity contribution in [2.45, 2.75) is 50.9 Å². The van der Waals surface area contributed by atoms with Crippen molar-refractivity contribution >= 4 is 0 Å². The molecule has 1 aliphatic rings. The molecule has 0 radical (unpaired) electrons. The largest absolute Gasteiger partial charge is 0.573 e. The predicted molar refractivity (Wildman–Crippen MR) is 66.2 cm³/mol. The third kappa shape index (κ3) is 5.02. The van der Waals surface area contributed by atoms with Crippen molar-refractivity contribution in [2.75, 3.05) is 0 Å². The Labute approximate surface area is 115 Å².